The van der Waals surface area contributed by atoms with Gasteiger partial charge in [-0.3, -0.25) is 0 Å². The first kappa shape index (κ1) is 37.4. The molecule has 0 radical (unpaired) electrons. The van der Waals surface area contributed by atoms with Gasteiger partial charge in [-0.25, -0.2) is 0 Å². The van der Waals surface area contributed by atoms with Crippen molar-refractivity contribution < 1.29 is 0 Å². The monoisotopic (exact) mass is 751 g/mol. The molecule has 1 heteroatoms. The lowest BCUT2D eigenvalue weighted by atomic mass is 9.78. The fourth-order valence-electron chi connectivity index (χ4n) is 9.14. The average molecular weight is 752 g/mol. The number of para-hydroxylation sites is 2. The quantitative estimate of drug-likeness (QED) is 0.164. The van der Waals surface area contributed by atoms with Crippen LogP contribution in [0.25, 0.3) is 55.3 Å². The zero-order chi connectivity index (χ0) is 40.4. The first-order valence-electron chi connectivity index (χ1n) is 20.8. The maximum absolute atomic E-state index is 2.42. The molecule has 0 N–H and O–H groups in total. The number of rotatable bonds is 6. The molecular formula is C57H53N. The van der Waals surface area contributed by atoms with Crippen LogP contribution >= 0.6 is 0 Å². The molecule has 58 heavy (non-hydrogen) atoms. The molecule has 0 bridgehead atoms. The van der Waals surface area contributed by atoms with Crippen LogP contribution in [0.4, 0.5) is 17.1 Å². The molecule has 8 aromatic carbocycles. The average Bonchev–Trinajstić information content (AvgIpc) is 3.46. The van der Waals surface area contributed by atoms with Gasteiger partial charge in [0.15, 0.2) is 0 Å². The Morgan fingerprint density at radius 2 is 0.914 bits per heavy atom. The number of nitrogens with zero attached hydrogens (tertiary/aromatic N) is 1. The van der Waals surface area contributed by atoms with Gasteiger partial charge in [0, 0.05) is 22.4 Å². The van der Waals surface area contributed by atoms with Crippen LogP contribution in [0.1, 0.15) is 77.6 Å². The van der Waals surface area contributed by atoms with Gasteiger partial charge in [-0.1, -0.05) is 201 Å². The second-order valence-corrected chi connectivity index (χ2v) is 18.6. The van der Waals surface area contributed by atoms with Crippen molar-refractivity contribution in [2.24, 2.45) is 0 Å². The van der Waals surface area contributed by atoms with Crippen LogP contribution < -0.4 is 4.90 Å². The van der Waals surface area contributed by atoms with Crippen molar-refractivity contribution >= 4 is 27.8 Å². The predicted molar refractivity (Wildman–Crippen MR) is 250 cm³/mol. The van der Waals surface area contributed by atoms with E-state index < -0.39 is 0 Å². The van der Waals surface area contributed by atoms with E-state index in [-0.39, 0.29) is 16.2 Å². The van der Waals surface area contributed by atoms with Crippen LogP contribution in [0, 0.1) is 0 Å². The summed E-state index contributed by atoms with van der Waals surface area (Å²) in [6, 6.07) is 65.5. The summed E-state index contributed by atoms with van der Waals surface area (Å²) < 4.78 is 0. The highest BCUT2D eigenvalue weighted by atomic mass is 15.1. The Balaban J connectivity index is 1.21. The van der Waals surface area contributed by atoms with Gasteiger partial charge in [-0.05, 0) is 113 Å². The van der Waals surface area contributed by atoms with Gasteiger partial charge in [0.05, 0.1) is 5.69 Å². The van der Waals surface area contributed by atoms with Crippen LogP contribution in [0.15, 0.2) is 176 Å². The highest BCUT2D eigenvalue weighted by Crippen LogP contribution is 2.52. The molecule has 0 atom stereocenters. The Hall–Kier alpha value is -6.18. The highest BCUT2D eigenvalue weighted by Gasteiger charge is 2.36. The molecule has 286 valence electrons. The molecule has 0 saturated heterocycles. The Morgan fingerprint density at radius 1 is 0.397 bits per heavy atom. The molecule has 0 aliphatic heterocycles. The van der Waals surface area contributed by atoms with Crippen molar-refractivity contribution in [1.29, 1.82) is 0 Å². The summed E-state index contributed by atoms with van der Waals surface area (Å²) >= 11 is 0. The van der Waals surface area contributed by atoms with E-state index in [1.807, 2.05) is 0 Å². The molecular weight excluding hydrogens is 699 g/mol. The first-order valence-corrected chi connectivity index (χ1v) is 20.8. The fraction of sp³-hybridized carbons (Fsp3) is 0.193. The lowest BCUT2D eigenvalue weighted by Gasteiger charge is -2.29. The molecule has 0 amide bonds. The van der Waals surface area contributed by atoms with E-state index >= 15 is 0 Å². The lowest BCUT2D eigenvalue weighted by Crippen LogP contribution is -2.16. The van der Waals surface area contributed by atoms with Crippen molar-refractivity contribution in [2.75, 3.05) is 4.90 Å². The van der Waals surface area contributed by atoms with E-state index in [0.29, 0.717) is 0 Å². The maximum Gasteiger partial charge on any atom is 0.0540 e. The summed E-state index contributed by atoms with van der Waals surface area (Å²) in [7, 11) is 0. The molecule has 1 nitrogen and oxygen atoms in total. The molecule has 0 fully saturated rings. The molecule has 1 aliphatic carbocycles. The van der Waals surface area contributed by atoms with E-state index in [1.165, 1.54) is 77.5 Å². The first-order chi connectivity index (χ1) is 27.8. The van der Waals surface area contributed by atoms with Crippen molar-refractivity contribution in [3.05, 3.63) is 198 Å². The van der Waals surface area contributed by atoms with Gasteiger partial charge >= 0.3 is 0 Å². The molecule has 9 rings (SSSR count). The summed E-state index contributed by atoms with van der Waals surface area (Å²) in [4.78, 5) is 2.42. The Kier molecular flexibility index (Phi) is 9.05. The van der Waals surface area contributed by atoms with E-state index in [9.17, 15) is 0 Å². The molecule has 0 saturated carbocycles. The SMILES string of the molecule is CC(C)(C)c1cc(-c2cccc3cccc(-c4ccccc4N(c4ccccc4)c4ccc(-c5cccc6c5-c5ccccc5C6(C)C)cc4)c23)cc(C(C)(C)C)c1. The zero-order valence-electron chi connectivity index (χ0n) is 35.2. The van der Waals surface area contributed by atoms with E-state index in [0.717, 1.165) is 17.1 Å². The van der Waals surface area contributed by atoms with Crippen molar-refractivity contribution in [2.45, 2.75) is 71.6 Å². The number of benzene rings is 8. The van der Waals surface area contributed by atoms with E-state index in [1.54, 1.807) is 0 Å². The largest absolute Gasteiger partial charge is 0.310 e. The highest BCUT2D eigenvalue weighted by molar-refractivity contribution is 6.09. The van der Waals surface area contributed by atoms with Gasteiger partial charge in [-0.15, -0.1) is 0 Å². The fourth-order valence-corrected chi connectivity index (χ4v) is 9.14. The van der Waals surface area contributed by atoms with Crippen molar-refractivity contribution in [3.8, 4) is 44.5 Å². The second-order valence-electron chi connectivity index (χ2n) is 18.6. The third-order valence-corrected chi connectivity index (χ3v) is 12.4. The van der Waals surface area contributed by atoms with Crippen LogP contribution in [0.3, 0.4) is 0 Å². The Bertz CT molecular complexity index is 2770. The van der Waals surface area contributed by atoms with Gasteiger partial charge in [0.2, 0.25) is 0 Å². The lowest BCUT2D eigenvalue weighted by molar-refractivity contribution is 0.569. The maximum atomic E-state index is 2.42. The Morgan fingerprint density at radius 3 is 1.59 bits per heavy atom. The van der Waals surface area contributed by atoms with Crippen molar-refractivity contribution in [3.63, 3.8) is 0 Å². The standard InChI is InChI=1S/C57H53N/c1-55(2,3)41-35-40(36-42(37-41)56(4,5)6)46-25-16-19-39-20-17-27-48(53(39)46)47-23-13-15-30-52(47)58(43-21-10-9-11-22-43)44-33-31-38(32-34-44)45-26-18-29-51-54(45)49-24-12-14-28-50(49)57(51,7)8/h9-37H,1-8H3. The minimum Gasteiger partial charge on any atom is -0.310 e. The minimum absolute atomic E-state index is 0.0173. The number of anilines is 3. The van der Waals surface area contributed by atoms with Gasteiger partial charge in [-0.2, -0.15) is 0 Å². The third-order valence-electron chi connectivity index (χ3n) is 12.4. The van der Waals surface area contributed by atoms with E-state index in [2.05, 4.69) is 236 Å². The van der Waals surface area contributed by atoms with Crippen LogP contribution in [0.5, 0.6) is 0 Å². The summed E-state index contributed by atoms with van der Waals surface area (Å²) in [5.41, 5.74) is 19.0. The summed E-state index contributed by atoms with van der Waals surface area (Å²) in [5, 5.41) is 2.51. The smallest absolute Gasteiger partial charge is 0.0540 e. The number of hydrogen-bond donors (Lipinski definition) is 0. The molecule has 0 aromatic heterocycles. The Labute approximate surface area is 345 Å². The number of fused-ring (bicyclic) bond motifs is 4. The van der Waals surface area contributed by atoms with Gasteiger partial charge in [0.25, 0.3) is 0 Å². The number of hydrogen-bond acceptors (Lipinski definition) is 1. The summed E-state index contributed by atoms with van der Waals surface area (Å²) in [6.07, 6.45) is 0. The molecule has 0 spiro atoms. The topological polar surface area (TPSA) is 3.24 Å². The van der Waals surface area contributed by atoms with Gasteiger partial charge < -0.3 is 4.90 Å². The summed E-state index contributed by atoms with van der Waals surface area (Å²) in [5.74, 6) is 0. The van der Waals surface area contributed by atoms with Crippen molar-refractivity contribution in [1.82, 2.24) is 0 Å². The third kappa shape index (κ3) is 6.44. The zero-order valence-corrected chi connectivity index (χ0v) is 35.2. The van der Waals surface area contributed by atoms with Crippen LogP contribution in [-0.2, 0) is 16.2 Å². The normalized spacial score (nSPS) is 13.3. The predicted octanol–water partition coefficient (Wildman–Crippen LogP) is 16.2. The molecule has 1 aliphatic rings. The van der Waals surface area contributed by atoms with E-state index in [4.69, 9.17) is 0 Å². The van der Waals surface area contributed by atoms with Crippen LogP contribution in [-0.4, -0.2) is 0 Å². The van der Waals surface area contributed by atoms with Gasteiger partial charge in [0.1, 0.15) is 0 Å². The minimum atomic E-state index is -0.0402. The molecule has 8 aromatic rings. The van der Waals surface area contributed by atoms with Crippen LogP contribution in [0.2, 0.25) is 0 Å². The summed E-state index contributed by atoms with van der Waals surface area (Å²) in [6.45, 7) is 18.6. The molecule has 0 unspecified atom stereocenters. The second kappa shape index (κ2) is 14.0. The molecule has 0 heterocycles.